The van der Waals surface area contributed by atoms with Gasteiger partial charge >= 0.3 is 0 Å². The van der Waals surface area contributed by atoms with E-state index in [9.17, 15) is 0 Å². The van der Waals surface area contributed by atoms with Gasteiger partial charge in [0.2, 0.25) is 0 Å². The van der Waals surface area contributed by atoms with Gasteiger partial charge in [-0.3, -0.25) is 0 Å². The fraction of sp³-hybridized carbons (Fsp3) is 0.250. The van der Waals surface area contributed by atoms with Gasteiger partial charge in [-0.15, -0.1) is 0 Å². The Labute approximate surface area is 114 Å². The molecule has 0 spiro atoms. The fourth-order valence-electron chi connectivity index (χ4n) is 1.91. The van der Waals surface area contributed by atoms with E-state index in [1.807, 2.05) is 43.3 Å². The number of hydrogen-bond donors (Lipinski definition) is 2. The molecule has 3 N–H and O–H groups in total. The van der Waals surface area contributed by atoms with E-state index in [0.717, 1.165) is 23.5 Å². The SMILES string of the molecule is CCOc1ccc(NCc2cccc(CN)c2)cc1. The highest BCUT2D eigenvalue weighted by atomic mass is 16.5. The molecule has 3 nitrogen and oxygen atoms in total. The zero-order valence-corrected chi connectivity index (χ0v) is 11.2. The van der Waals surface area contributed by atoms with Crippen LogP contribution in [0.15, 0.2) is 48.5 Å². The topological polar surface area (TPSA) is 47.3 Å². The lowest BCUT2D eigenvalue weighted by atomic mass is 10.1. The first-order valence-electron chi connectivity index (χ1n) is 6.56. The molecule has 0 aliphatic rings. The van der Waals surface area contributed by atoms with E-state index in [1.54, 1.807) is 0 Å². The van der Waals surface area contributed by atoms with Crippen molar-refractivity contribution in [3.63, 3.8) is 0 Å². The minimum Gasteiger partial charge on any atom is -0.494 e. The van der Waals surface area contributed by atoms with Crippen LogP contribution >= 0.6 is 0 Å². The van der Waals surface area contributed by atoms with E-state index in [0.29, 0.717) is 13.2 Å². The second-order valence-corrected chi connectivity index (χ2v) is 4.34. The number of ether oxygens (including phenoxy) is 1. The molecule has 0 bridgehead atoms. The minimum atomic E-state index is 0.580. The van der Waals surface area contributed by atoms with Crippen LogP contribution in [-0.2, 0) is 13.1 Å². The molecule has 0 unspecified atom stereocenters. The smallest absolute Gasteiger partial charge is 0.119 e. The Morgan fingerprint density at radius 2 is 1.79 bits per heavy atom. The molecule has 2 aromatic rings. The highest BCUT2D eigenvalue weighted by molar-refractivity contribution is 5.46. The van der Waals surface area contributed by atoms with E-state index in [4.69, 9.17) is 10.5 Å². The van der Waals surface area contributed by atoms with E-state index >= 15 is 0 Å². The molecule has 0 heterocycles. The van der Waals surface area contributed by atoms with Crippen molar-refractivity contribution in [1.82, 2.24) is 0 Å². The highest BCUT2D eigenvalue weighted by Gasteiger charge is 1.97. The van der Waals surface area contributed by atoms with Crippen molar-refractivity contribution in [3.05, 3.63) is 59.7 Å². The van der Waals surface area contributed by atoms with Crippen LogP contribution in [0.1, 0.15) is 18.1 Å². The minimum absolute atomic E-state index is 0.580. The first-order chi connectivity index (χ1) is 9.31. The number of hydrogen-bond acceptors (Lipinski definition) is 3. The van der Waals surface area contributed by atoms with Crippen molar-refractivity contribution >= 4 is 5.69 Å². The standard InChI is InChI=1S/C16H20N2O/c1-2-19-16-8-6-15(7-9-16)18-12-14-5-3-4-13(10-14)11-17/h3-10,18H,2,11-12,17H2,1H3. The number of nitrogens with one attached hydrogen (secondary N) is 1. The third kappa shape index (κ3) is 4.00. The van der Waals surface area contributed by atoms with Crippen molar-refractivity contribution in [2.24, 2.45) is 5.73 Å². The van der Waals surface area contributed by atoms with E-state index in [2.05, 4.69) is 17.4 Å². The first kappa shape index (κ1) is 13.4. The molecule has 0 aromatic heterocycles. The van der Waals surface area contributed by atoms with Crippen LogP contribution in [0, 0.1) is 0 Å². The van der Waals surface area contributed by atoms with Crippen LogP contribution in [-0.4, -0.2) is 6.61 Å². The molecule has 0 saturated heterocycles. The quantitative estimate of drug-likeness (QED) is 0.834. The molecule has 100 valence electrons. The van der Waals surface area contributed by atoms with Gasteiger partial charge < -0.3 is 15.8 Å². The average Bonchev–Trinajstić information content (AvgIpc) is 2.47. The summed E-state index contributed by atoms with van der Waals surface area (Å²) in [5.41, 5.74) is 9.11. The monoisotopic (exact) mass is 256 g/mol. The molecule has 3 heteroatoms. The molecular weight excluding hydrogens is 236 g/mol. The number of anilines is 1. The van der Waals surface area contributed by atoms with E-state index < -0.39 is 0 Å². The normalized spacial score (nSPS) is 10.2. The van der Waals surface area contributed by atoms with Crippen LogP contribution in [0.2, 0.25) is 0 Å². The second kappa shape index (κ2) is 6.81. The molecule has 0 saturated carbocycles. The fourth-order valence-corrected chi connectivity index (χ4v) is 1.91. The Morgan fingerprint density at radius 1 is 1.05 bits per heavy atom. The maximum atomic E-state index is 5.64. The third-order valence-corrected chi connectivity index (χ3v) is 2.89. The van der Waals surface area contributed by atoms with Gasteiger partial charge in [0.05, 0.1) is 6.61 Å². The molecule has 0 atom stereocenters. The van der Waals surface area contributed by atoms with Gasteiger partial charge in [0.25, 0.3) is 0 Å². The van der Waals surface area contributed by atoms with Crippen LogP contribution in [0.5, 0.6) is 5.75 Å². The van der Waals surface area contributed by atoms with Gasteiger partial charge in [0.1, 0.15) is 5.75 Å². The molecule has 19 heavy (non-hydrogen) atoms. The zero-order valence-electron chi connectivity index (χ0n) is 11.2. The van der Waals surface area contributed by atoms with Gasteiger partial charge in [0, 0.05) is 18.8 Å². The Bertz CT molecular complexity index is 508. The van der Waals surface area contributed by atoms with Crippen molar-refractivity contribution in [3.8, 4) is 5.75 Å². The summed E-state index contributed by atoms with van der Waals surface area (Å²) in [6, 6.07) is 16.3. The zero-order chi connectivity index (χ0) is 13.5. The predicted molar refractivity (Wildman–Crippen MR) is 79.3 cm³/mol. The van der Waals surface area contributed by atoms with Crippen molar-refractivity contribution in [2.45, 2.75) is 20.0 Å². The lowest BCUT2D eigenvalue weighted by Gasteiger charge is -2.09. The van der Waals surface area contributed by atoms with Crippen LogP contribution < -0.4 is 15.8 Å². The molecule has 0 amide bonds. The Morgan fingerprint density at radius 3 is 2.47 bits per heavy atom. The van der Waals surface area contributed by atoms with Crippen molar-refractivity contribution in [1.29, 1.82) is 0 Å². The van der Waals surface area contributed by atoms with Gasteiger partial charge in [-0.1, -0.05) is 24.3 Å². The Balaban J connectivity index is 1.94. The maximum absolute atomic E-state index is 5.64. The summed E-state index contributed by atoms with van der Waals surface area (Å²) >= 11 is 0. The van der Waals surface area contributed by atoms with Crippen LogP contribution in [0.3, 0.4) is 0 Å². The predicted octanol–water partition coefficient (Wildman–Crippen LogP) is 3.16. The maximum Gasteiger partial charge on any atom is 0.119 e. The molecule has 0 fully saturated rings. The van der Waals surface area contributed by atoms with Crippen molar-refractivity contribution < 1.29 is 4.74 Å². The van der Waals surface area contributed by atoms with Gasteiger partial charge in [0.15, 0.2) is 0 Å². The summed E-state index contributed by atoms with van der Waals surface area (Å²) in [4.78, 5) is 0. The highest BCUT2D eigenvalue weighted by Crippen LogP contribution is 2.16. The first-order valence-corrected chi connectivity index (χ1v) is 6.56. The Hall–Kier alpha value is -2.00. The number of rotatable bonds is 6. The summed E-state index contributed by atoms with van der Waals surface area (Å²) in [5.74, 6) is 0.901. The van der Waals surface area contributed by atoms with E-state index in [1.165, 1.54) is 5.56 Å². The number of benzene rings is 2. The summed E-state index contributed by atoms with van der Waals surface area (Å²) in [6.45, 7) is 4.05. The lowest BCUT2D eigenvalue weighted by Crippen LogP contribution is -2.02. The van der Waals surface area contributed by atoms with Crippen LogP contribution in [0.25, 0.3) is 0 Å². The molecule has 0 radical (unpaired) electrons. The largest absolute Gasteiger partial charge is 0.494 e. The van der Waals surface area contributed by atoms with Gasteiger partial charge in [-0.2, -0.15) is 0 Å². The molecule has 2 rings (SSSR count). The van der Waals surface area contributed by atoms with Gasteiger partial charge in [-0.25, -0.2) is 0 Å². The number of nitrogens with two attached hydrogens (primary N) is 1. The molecular formula is C16H20N2O. The summed E-state index contributed by atoms with van der Waals surface area (Å²) in [7, 11) is 0. The van der Waals surface area contributed by atoms with Crippen molar-refractivity contribution in [2.75, 3.05) is 11.9 Å². The molecule has 2 aromatic carbocycles. The molecule has 0 aliphatic carbocycles. The lowest BCUT2D eigenvalue weighted by molar-refractivity contribution is 0.340. The third-order valence-electron chi connectivity index (χ3n) is 2.89. The molecule has 0 aliphatic heterocycles. The average molecular weight is 256 g/mol. The van der Waals surface area contributed by atoms with Gasteiger partial charge in [-0.05, 0) is 42.3 Å². The second-order valence-electron chi connectivity index (χ2n) is 4.34. The summed E-state index contributed by atoms with van der Waals surface area (Å²) < 4.78 is 5.41. The summed E-state index contributed by atoms with van der Waals surface area (Å²) in [5, 5.41) is 3.39. The van der Waals surface area contributed by atoms with E-state index in [-0.39, 0.29) is 0 Å². The Kier molecular flexibility index (Phi) is 4.81. The van der Waals surface area contributed by atoms with Crippen LogP contribution in [0.4, 0.5) is 5.69 Å². The summed E-state index contributed by atoms with van der Waals surface area (Å²) in [6.07, 6.45) is 0.